The Kier molecular flexibility index (Phi) is 14.1. The second-order valence-electron chi connectivity index (χ2n) is 16.0. The van der Waals surface area contributed by atoms with Gasteiger partial charge in [0.15, 0.2) is 22.3 Å². The third kappa shape index (κ3) is 13.0. The molecule has 17 nitrogen and oxygen atoms in total. The van der Waals surface area contributed by atoms with Crippen molar-refractivity contribution in [1.82, 2.24) is 25.9 Å². The van der Waals surface area contributed by atoms with Crippen LogP contribution in [0.25, 0.3) is 0 Å². The fourth-order valence-electron chi connectivity index (χ4n) is 5.15. The summed E-state index contributed by atoms with van der Waals surface area (Å²) in [4.78, 5) is 79.5. The Morgan fingerprint density at radius 1 is 0.817 bits per heavy atom. The highest BCUT2D eigenvalue weighted by molar-refractivity contribution is 7.14. The van der Waals surface area contributed by atoms with Gasteiger partial charge in [-0.05, 0) is 66.5 Å². The molecule has 4 amide bonds. The minimum Gasteiger partial charge on any atom is -0.485 e. The summed E-state index contributed by atoms with van der Waals surface area (Å²) in [7, 11) is 0. The molecule has 5 rings (SSSR count). The van der Waals surface area contributed by atoms with E-state index in [1.54, 1.807) is 41.5 Å². The lowest BCUT2D eigenvalue weighted by atomic mass is 9.98. The zero-order valence-corrected chi connectivity index (χ0v) is 35.4. The van der Waals surface area contributed by atoms with Crippen LogP contribution in [0.4, 0.5) is 9.93 Å². The number of nitrogens with one attached hydrogen (secondary N) is 4. The molecule has 3 heterocycles. The molecule has 0 spiro atoms. The zero-order chi connectivity index (χ0) is 43.7. The molecule has 0 unspecified atom stereocenters. The summed E-state index contributed by atoms with van der Waals surface area (Å²) in [5.74, 6) is -2.12. The zero-order valence-electron chi connectivity index (χ0n) is 34.6. The van der Waals surface area contributed by atoms with Crippen LogP contribution in [0.5, 0.6) is 11.5 Å². The molecule has 1 aliphatic rings. The topological polar surface area (TPSA) is 218 Å². The molecule has 18 heteroatoms. The molecule has 0 bridgehead atoms. The molecule has 0 radical (unpaired) electrons. The van der Waals surface area contributed by atoms with Gasteiger partial charge in [-0.15, -0.1) is 11.3 Å². The number of hydrogen-bond acceptors (Lipinski definition) is 14. The average Bonchev–Trinajstić information content (AvgIpc) is 3.63. The van der Waals surface area contributed by atoms with E-state index in [-0.39, 0.29) is 36.3 Å². The number of hydrogen-bond donors (Lipinski definition) is 4. The molecule has 0 saturated carbocycles. The maximum Gasteiger partial charge on any atom is 0.413 e. The lowest BCUT2D eigenvalue weighted by Crippen LogP contribution is -2.72. The van der Waals surface area contributed by atoms with E-state index in [4.69, 9.17) is 23.8 Å². The smallest absolute Gasteiger partial charge is 0.413 e. The van der Waals surface area contributed by atoms with Crippen molar-refractivity contribution in [3.8, 4) is 11.5 Å². The molecule has 1 fully saturated rings. The van der Waals surface area contributed by atoms with E-state index in [1.165, 1.54) is 31.5 Å². The van der Waals surface area contributed by atoms with E-state index < -0.39 is 64.4 Å². The van der Waals surface area contributed by atoms with E-state index >= 15 is 0 Å². The number of ether oxygens (including phenoxy) is 4. The fraction of sp³-hybridized carbons (Fsp3) is 0.381. The van der Waals surface area contributed by atoms with Gasteiger partial charge in [-0.1, -0.05) is 65.8 Å². The van der Waals surface area contributed by atoms with E-state index in [2.05, 4.69) is 36.4 Å². The number of carbonyl (C=O) groups excluding carboxylic acids is 5. The van der Waals surface area contributed by atoms with Crippen molar-refractivity contribution in [2.24, 2.45) is 5.16 Å². The number of anilines is 1. The number of carbonyl (C=O) groups is 5. The third-order valence-corrected chi connectivity index (χ3v) is 8.90. The standard InChI is InChI=1S/C42H49N7O10S/c1-40(2,3)57-37(53)42(7,8)59-49-33(29-24-60-38(46-29)48-39(54)58-41(4,5)6)36(52)47-32-28(45-35(32)51)20-44-34(50)27-19-30(55-22-25-15-11-9-12-16-25)31(21-43-27)56-23-26-17-13-10-14-18-26/h9-19,21,24,28,32H,20,22-23H2,1-8H3,(H,44,50)(H,45,51)(H,47,52)(H,46,48,54)/b49-33-/t28-,32+/m1/s1. The third-order valence-electron chi connectivity index (χ3n) is 8.15. The number of esters is 1. The summed E-state index contributed by atoms with van der Waals surface area (Å²) in [5, 5.41) is 16.0. The van der Waals surface area contributed by atoms with Crippen molar-refractivity contribution in [2.45, 2.75) is 97.5 Å². The van der Waals surface area contributed by atoms with Crippen molar-refractivity contribution < 1.29 is 47.8 Å². The van der Waals surface area contributed by atoms with Crippen molar-refractivity contribution in [1.29, 1.82) is 0 Å². The van der Waals surface area contributed by atoms with Gasteiger partial charge in [0.1, 0.15) is 41.8 Å². The maximum atomic E-state index is 13.8. The van der Waals surface area contributed by atoms with E-state index in [9.17, 15) is 24.0 Å². The van der Waals surface area contributed by atoms with Crippen LogP contribution in [-0.2, 0) is 41.9 Å². The van der Waals surface area contributed by atoms with Crippen LogP contribution in [0, 0.1) is 0 Å². The molecule has 2 aromatic heterocycles. The summed E-state index contributed by atoms with van der Waals surface area (Å²) in [6.07, 6.45) is 0.634. The van der Waals surface area contributed by atoms with Gasteiger partial charge >= 0.3 is 12.1 Å². The normalized spacial score (nSPS) is 15.4. The van der Waals surface area contributed by atoms with Crippen LogP contribution in [0.15, 0.2) is 83.5 Å². The molecule has 2 aromatic carbocycles. The van der Waals surface area contributed by atoms with Gasteiger partial charge in [0.2, 0.25) is 11.5 Å². The number of pyridine rings is 1. The molecule has 1 saturated heterocycles. The number of thiazole rings is 1. The van der Waals surface area contributed by atoms with Crippen LogP contribution in [0.1, 0.15) is 82.7 Å². The summed E-state index contributed by atoms with van der Waals surface area (Å²) in [6.45, 7) is 13.3. The molecular weight excluding hydrogens is 795 g/mol. The first-order chi connectivity index (χ1) is 28.3. The highest BCUT2D eigenvalue weighted by Gasteiger charge is 2.42. The monoisotopic (exact) mass is 843 g/mol. The van der Waals surface area contributed by atoms with Crippen molar-refractivity contribution in [3.05, 3.63) is 101 Å². The molecule has 4 N–H and O–H groups in total. The minimum absolute atomic E-state index is 0.0230. The molecule has 60 heavy (non-hydrogen) atoms. The average molecular weight is 844 g/mol. The second-order valence-corrected chi connectivity index (χ2v) is 16.9. The first-order valence-electron chi connectivity index (χ1n) is 18.9. The first-order valence-corrected chi connectivity index (χ1v) is 19.8. The van der Waals surface area contributed by atoms with Gasteiger partial charge in [-0.3, -0.25) is 19.7 Å². The van der Waals surface area contributed by atoms with Gasteiger partial charge in [-0.2, -0.15) is 0 Å². The fourth-order valence-corrected chi connectivity index (χ4v) is 5.83. The van der Waals surface area contributed by atoms with E-state index in [0.29, 0.717) is 11.5 Å². The predicted octanol–water partition coefficient (Wildman–Crippen LogP) is 5.30. The molecule has 1 aliphatic heterocycles. The molecule has 4 aromatic rings. The molecular formula is C42H49N7O10S. The van der Waals surface area contributed by atoms with Gasteiger partial charge in [0.25, 0.3) is 11.8 Å². The lowest BCUT2D eigenvalue weighted by Gasteiger charge is -2.37. The number of amides is 4. The van der Waals surface area contributed by atoms with Gasteiger partial charge in [0, 0.05) is 18.0 Å². The van der Waals surface area contributed by atoms with Gasteiger partial charge in [0.05, 0.1) is 12.2 Å². The highest BCUT2D eigenvalue weighted by Crippen LogP contribution is 2.29. The number of nitrogens with zero attached hydrogens (tertiary/aromatic N) is 3. The van der Waals surface area contributed by atoms with Crippen LogP contribution in [0.2, 0.25) is 0 Å². The summed E-state index contributed by atoms with van der Waals surface area (Å²) >= 11 is 0.971. The predicted molar refractivity (Wildman–Crippen MR) is 221 cm³/mol. The number of oxime groups is 1. The lowest BCUT2D eigenvalue weighted by molar-refractivity contribution is -0.179. The second kappa shape index (κ2) is 19.0. The molecule has 2 atom stereocenters. The van der Waals surface area contributed by atoms with Crippen molar-refractivity contribution >= 4 is 52.0 Å². The molecule has 318 valence electrons. The summed E-state index contributed by atoms with van der Waals surface area (Å²) < 4.78 is 22.8. The van der Waals surface area contributed by atoms with E-state index in [1.807, 2.05) is 60.7 Å². The Hall–Kier alpha value is -6.56. The largest absolute Gasteiger partial charge is 0.485 e. The highest BCUT2D eigenvalue weighted by atomic mass is 32.1. The Labute approximate surface area is 351 Å². The van der Waals surface area contributed by atoms with Crippen LogP contribution in [0.3, 0.4) is 0 Å². The Morgan fingerprint density at radius 3 is 2.00 bits per heavy atom. The Balaban J connectivity index is 1.28. The first kappa shape index (κ1) is 44.5. The quantitative estimate of drug-likeness (QED) is 0.0489. The number of aromatic nitrogens is 2. The number of rotatable bonds is 16. The van der Waals surface area contributed by atoms with Gasteiger partial charge < -0.3 is 39.7 Å². The van der Waals surface area contributed by atoms with Crippen LogP contribution >= 0.6 is 11.3 Å². The van der Waals surface area contributed by atoms with E-state index in [0.717, 1.165) is 22.5 Å². The Bertz CT molecular complexity index is 2200. The van der Waals surface area contributed by atoms with Crippen molar-refractivity contribution in [3.63, 3.8) is 0 Å². The number of β-lactam (4-membered cyclic amide) rings is 1. The Morgan fingerprint density at radius 2 is 1.42 bits per heavy atom. The molecule has 0 aliphatic carbocycles. The summed E-state index contributed by atoms with van der Waals surface area (Å²) in [5.41, 5.74) is -1.87. The van der Waals surface area contributed by atoms with Crippen molar-refractivity contribution in [2.75, 3.05) is 11.9 Å². The van der Waals surface area contributed by atoms with Crippen LogP contribution in [-0.4, -0.2) is 80.9 Å². The number of benzene rings is 2. The van der Waals surface area contributed by atoms with Crippen LogP contribution < -0.4 is 30.7 Å². The van der Waals surface area contributed by atoms with Gasteiger partial charge in [-0.25, -0.2) is 19.6 Å². The SMILES string of the molecule is CC(C)(C)OC(=O)Nc1nc(/C(=N/OC(C)(C)C(=O)OC(C)(C)C)C(=O)N[C@@H]2C(=O)N[C@@H]2CNC(=O)c2cc(OCc3ccccc3)c(OCc3ccccc3)cn2)cs1. The summed E-state index contributed by atoms with van der Waals surface area (Å²) in [6, 6.07) is 18.7. The maximum absolute atomic E-state index is 13.8. The minimum atomic E-state index is -1.65.